The van der Waals surface area contributed by atoms with Gasteiger partial charge in [-0.25, -0.2) is 0 Å². The van der Waals surface area contributed by atoms with Crippen LogP contribution in [0.1, 0.15) is 56.1 Å². The number of hydrogen-bond acceptors (Lipinski definition) is 4. The van der Waals surface area contributed by atoms with E-state index in [0.717, 1.165) is 57.3 Å². The van der Waals surface area contributed by atoms with Gasteiger partial charge in [0.15, 0.2) is 5.96 Å². The molecular weight excluding hydrogens is 493 g/mol. The Morgan fingerprint density at radius 3 is 2.60 bits per heavy atom. The predicted octanol–water partition coefficient (Wildman–Crippen LogP) is 4.19. The highest BCUT2D eigenvalue weighted by molar-refractivity contribution is 14.0. The van der Waals surface area contributed by atoms with Crippen molar-refractivity contribution in [1.29, 1.82) is 0 Å². The maximum atomic E-state index is 6.30. The maximum Gasteiger partial charge on any atom is 0.191 e. The van der Waals surface area contributed by atoms with E-state index in [0.29, 0.717) is 18.8 Å². The van der Waals surface area contributed by atoms with Gasteiger partial charge in [-0.1, -0.05) is 12.1 Å². The first-order valence-corrected chi connectivity index (χ1v) is 11.1. The number of guanidine groups is 1. The normalized spacial score (nSPS) is 18.1. The van der Waals surface area contributed by atoms with Crippen LogP contribution in [-0.4, -0.2) is 51.6 Å². The van der Waals surface area contributed by atoms with Gasteiger partial charge in [0.1, 0.15) is 5.75 Å². The highest BCUT2D eigenvalue weighted by Gasteiger charge is 2.18. The van der Waals surface area contributed by atoms with E-state index >= 15 is 0 Å². The van der Waals surface area contributed by atoms with E-state index in [1.165, 1.54) is 36.8 Å². The summed E-state index contributed by atoms with van der Waals surface area (Å²) in [5.74, 6) is 1.81. The molecule has 1 aromatic rings. The Morgan fingerprint density at radius 1 is 1.10 bits per heavy atom. The van der Waals surface area contributed by atoms with Crippen molar-refractivity contribution in [2.75, 3.05) is 33.4 Å². The molecule has 0 unspecified atom stereocenters. The van der Waals surface area contributed by atoms with Gasteiger partial charge in [-0.15, -0.1) is 24.0 Å². The number of benzene rings is 1. The van der Waals surface area contributed by atoms with Crippen LogP contribution >= 0.6 is 24.0 Å². The first-order valence-electron chi connectivity index (χ1n) is 11.1. The molecule has 0 atom stereocenters. The van der Waals surface area contributed by atoms with Crippen LogP contribution in [0.4, 0.5) is 0 Å². The number of aryl methyl sites for hydroxylation is 1. The van der Waals surface area contributed by atoms with Crippen LogP contribution in [0.5, 0.6) is 5.75 Å². The summed E-state index contributed by atoms with van der Waals surface area (Å²) in [5.41, 5.74) is 2.40. The summed E-state index contributed by atoms with van der Waals surface area (Å²) in [6.07, 6.45) is 8.59. The van der Waals surface area contributed by atoms with Crippen LogP contribution in [0.3, 0.4) is 0 Å². The number of aliphatic imine (C=N–C) groups is 1. The second-order valence-corrected chi connectivity index (χ2v) is 8.02. The van der Waals surface area contributed by atoms with Crippen LogP contribution in [0.15, 0.2) is 23.2 Å². The number of nitrogens with one attached hydrogen (secondary N) is 2. The summed E-state index contributed by atoms with van der Waals surface area (Å²) in [6, 6.07) is 6.45. The molecule has 7 heteroatoms. The quantitative estimate of drug-likeness (QED) is 0.217. The van der Waals surface area contributed by atoms with Gasteiger partial charge in [0.05, 0.1) is 12.2 Å². The fraction of sp³-hybridized carbons (Fsp3) is 0.696. The van der Waals surface area contributed by atoms with E-state index in [4.69, 9.17) is 14.2 Å². The lowest BCUT2D eigenvalue weighted by Gasteiger charge is -2.22. The zero-order valence-corrected chi connectivity index (χ0v) is 20.8. The van der Waals surface area contributed by atoms with Crippen molar-refractivity contribution in [3.05, 3.63) is 29.3 Å². The fourth-order valence-electron chi connectivity index (χ4n) is 3.87. The lowest BCUT2D eigenvalue weighted by Crippen LogP contribution is -2.37. The zero-order chi connectivity index (χ0) is 20.3. The van der Waals surface area contributed by atoms with Gasteiger partial charge in [-0.3, -0.25) is 4.99 Å². The third-order valence-electron chi connectivity index (χ3n) is 5.62. The van der Waals surface area contributed by atoms with E-state index in [2.05, 4.69) is 40.7 Å². The van der Waals surface area contributed by atoms with E-state index in [1.54, 1.807) is 7.05 Å². The third-order valence-corrected chi connectivity index (χ3v) is 5.62. The standard InChI is InChI=1S/C23H37N3O3.HI/c1-18-8-9-19(22(16-18)29-21-6-3-4-7-21)17-26-23(24-2)25-12-5-13-28-20-10-14-27-15-11-20;/h8-9,16,20-21H,3-7,10-15,17H2,1-2H3,(H2,24,25,26);1H. The largest absolute Gasteiger partial charge is 0.490 e. The van der Waals surface area contributed by atoms with Gasteiger partial charge in [0, 0.05) is 45.5 Å². The predicted molar refractivity (Wildman–Crippen MR) is 132 cm³/mol. The summed E-state index contributed by atoms with van der Waals surface area (Å²) in [4.78, 5) is 4.34. The molecule has 0 radical (unpaired) electrons. The van der Waals surface area contributed by atoms with Crippen molar-refractivity contribution >= 4 is 29.9 Å². The molecule has 1 heterocycles. The lowest BCUT2D eigenvalue weighted by molar-refractivity contribution is -0.0320. The van der Waals surface area contributed by atoms with E-state index in [-0.39, 0.29) is 24.0 Å². The molecule has 2 N–H and O–H groups in total. The second kappa shape index (κ2) is 14.1. The molecule has 3 rings (SSSR count). The monoisotopic (exact) mass is 531 g/mol. The van der Waals surface area contributed by atoms with Gasteiger partial charge in [-0.2, -0.15) is 0 Å². The molecule has 1 saturated carbocycles. The highest BCUT2D eigenvalue weighted by atomic mass is 127. The molecule has 1 aliphatic heterocycles. The molecule has 2 aliphatic rings. The molecule has 30 heavy (non-hydrogen) atoms. The molecular formula is C23H38IN3O3. The van der Waals surface area contributed by atoms with Crippen LogP contribution in [0, 0.1) is 6.92 Å². The Kier molecular flexibility index (Phi) is 11.8. The Labute approximate surface area is 198 Å². The van der Waals surface area contributed by atoms with Crippen molar-refractivity contribution in [3.63, 3.8) is 0 Å². The Morgan fingerprint density at radius 2 is 1.87 bits per heavy atom. The van der Waals surface area contributed by atoms with Crippen molar-refractivity contribution in [2.45, 2.75) is 70.6 Å². The van der Waals surface area contributed by atoms with Crippen LogP contribution in [-0.2, 0) is 16.0 Å². The van der Waals surface area contributed by atoms with Gasteiger partial charge >= 0.3 is 0 Å². The van der Waals surface area contributed by atoms with Crippen molar-refractivity contribution in [1.82, 2.24) is 10.6 Å². The average Bonchev–Trinajstić information content (AvgIpc) is 3.25. The zero-order valence-electron chi connectivity index (χ0n) is 18.5. The molecule has 170 valence electrons. The molecule has 0 bridgehead atoms. The number of halogens is 1. The summed E-state index contributed by atoms with van der Waals surface area (Å²) in [6.45, 7) is 6.06. The molecule has 6 nitrogen and oxygen atoms in total. The first kappa shape index (κ1) is 25.2. The lowest BCUT2D eigenvalue weighted by atomic mass is 10.1. The summed E-state index contributed by atoms with van der Waals surface area (Å²) >= 11 is 0. The number of ether oxygens (including phenoxy) is 3. The smallest absolute Gasteiger partial charge is 0.191 e. The van der Waals surface area contributed by atoms with Gasteiger partial charge in [0.25, 0.3) is 0 Å². The molecule has 2 fully saturated rings. The number of nitrogens with zero attached hydrogens (tertiary/aromatic N) is 1. The highest BCUT2D eigenvalue weighted by Crippen LogP contribution is 2.27. The Bertz CT molecular complexity index is 645. The van der Waals surface area contributed by atoms with Crippen LogP contribution < -0.4 is 15.4 Å². The van der Waals surface area contributed by atoms with Gasteiger partial charge < -0.3 is 24.8 Å². The average molecular weight is 531 g/mol. The SMILES string of the molecule is CN=C(NCCCOC1CCOCC1)NCc1ccc(C)cc1OC1CCCC1.I. The van der Waals surface area contributed by atoms with E-state index < -0.39 is 0 Å². The van der Waals surface area contributed by atoms with Gasteiger partial charge in [-0.05, 0) is 63.5 Å². The van der Waals surface area contributed by atoms with Crippen molar-refractivity contribution in [3.8, 4) is 5.75 Å². The minimum absolute atomic E-state index is 0. The summed E-state index contributed by atoms with van der Waals surface area (Å²) < 4.78 is 17.6. The fourth-order valence-corrected chi connectivity index (χ4v) is 3.87. The van der Waals surface area contributed by atoms with E-state index in [9.17, 15) is 0 Å². The number of rotatable bonds is 9. The molecule has 0 spiro atoms. The van der Waals surface area contributed by atoms with Crippen molar-refractivity contribution < 1.29 is 14.2 Å². The van der Waals surface area contributed by atoms with Crippen LogP contribution in [0.25, 0.3) is 0 Å². The van der Waals surface area contributed by atoms with Crippen LogP contribution in [0.2, 0.25) is 0 Å². The molecule has 1 saturated heterocycles. The van der Waals surface area contributed by atoms with Gasteiger partial charge in [0.2, 0.25) is 0 Å². The topological polar surface area (TPSA) is 64.1 Å². The Balaban J connectivity index is 0.00000320. The third kappa shape index (κ3) is 8.59. The molecule has 0 amide bonds. The number of hydrogen-bond donors (Lipinski definition) is 2. The second-order valence-electron chi connectivity index (χ2n) is 8.02. The molecule has 1 aromatic carbocycles. The molecule has 0 aromatic heterocycles. The minimum atomic E-state index is 0. The summed E-state index contributed by atoms with van der Waals surface area (Å²) in [7, 11) is 1.80. The minimum Gasteiger partial charge on any atom is -0.490 e. The molecule has 1 aliphatic carbocycles. The maximum absolute atomic E-state index is 6.30. The summed E-state index contributed by atoms with van der Waals surface area (Å²) in [5, 5.41) is 6.79. The Hall–Kier alpha value is -1.06. The van der Waals surface area contributed by atoms with Crippen molar-refractivity contribution in [2.24, 2.45) is 4.99 Å². The van der Waals surface area contributed by atoms with E-state index in [1.807, 2.05) is 0 Å². The first-order chi connectivity index (χ1) is 14.2.